The average Bonchev–Trinajstić information content (AvgIpc) is 2.89. The van der Waals surface area contributed by atoms with Crippen LogP contribution in [0, 0.1) is 5.92 Å². The summed E-state index contributed by atoms with van der Waals surface area (Å²) in [5.41, 5.74) is 0. The van der Waals surface area contributed by atoms with Crippen LogP contribution in [0.4, 0.5) is 0 Å². The van der Waals surface area contributed by atoms with Crippen molar-refractivity contribution >= 4 is 0 Å². The highest BCUT2D eigenvalue weighted by molar-refractivity contribution is 4.91. The van der Waals surface area contributed by atoms with Gasteiger partial charge in [-0.2, -0.15) is 0 Å². The van der Waals surface area contributed by atoms with Gasteiger partial charge in [0.05, 0.1) is 0 Å². The summed E-state index contributed by atoms with van der Waals surface area (Å²) < 4.78 is 0. The Morgan fingerprint density at radius 1 is 1.05 bits per heavy atom. The average molecular weight is 265 g/mol. The third kappa shape index (κ3) is 3.50. The summed E-state index contributed by atoms with van der Waals surface area (Å²) >= 11 is 0. The molecule has 0 spiro atoms. The van der Waals surface area contributed by atoms with Crippen molar-refractivity contribution in [2.45, 2.75) is 64.1 Å². The number of likely N-dealkylation sites (tertiary alicyclic amines) is 2. The van der Waals surface area contributed by atoms with Crippen molar-refractivity contribution < 1.29 is 0 Å². The van der Waals surface area contributed by atoms with Gasteiger partial charge in [-0.15, -0.1) is 0 Å². The molecule has 3 aliphatic rings. The maximum Gasteiger partial charge on any atom is 0.0244 e. The van der Waals surface area contributed by atoms with Crippen LogP contribution >= 0.6 is 0 Å². The largest absolute Gasteiger partial charge is 0.312 e. The Morgan fingerprint density at radius 3 is 2.42 bits per heavy atom. The van der Waals surface area contributed by atoms with Crippen LogP contribution in [-0.4, -0.2) is 60.6 Å². The van der Waals surface area contributed by atoms with E-state index < -0.39 is 0 Å². The van der Waals surface area contributed by atoms with Gasteiger partial charge in [-0.1, -0.05) is 13.8 Å². The quantitative estimate of drug-likeness (QED) is 0.792. The van der Waals surface area contributed by atoms with Crippen molar-refractivity contribution in [3.63, 3.8) is 0 Å². The fourth-order valence-electron chi connectivity index (χ4n) is 3.84. The molecule has 3 heteroatoms. The molecule has 19 heavy (non-hydrogen) atoms. The van der Waals surface area contributed by atoms with Gasteiger partial charge in [0.25, 0.3) is 0 Å². The fourth-order valence-corrected chi connectivity index (χ4v) is 3.84. The Kier molecular flexibility index (Phi) is 4.45. The topological polar surface area (TPSA) is 18.5 Å². The predicted molar refractivity (Wildman–Crippen MR) is 80.4 cm³/mol. The molecule has 2 saturated heterocycles. The van der Waals surface area contributed by atoms with Gasteiger partial charge in [-0.05, 0) is 51.1 Å². The maximum absolute atomic E-state index is 3.74. The van der Waals surface area contributed by atoms with E-state index in [1.54, 1.807) is 0 Å². The van der Waals surface area contributed by atoms with Crippen LogP contribution in [0.3, 0.4) is 0 Å². The van der Waals surface area contributed by atoms with E-state index >= 15 is 0 Å². The summed E-state index contributed by atoms with van der Waals surface area (Å²) in [6.07, 6.45) is 7.05. The SMILES string of the molecule is CC(C)C(CNC1CC1)N1CCC(N2CCCC2)C1. The van der Waals surface area contributed by atoms with Gasteiger partial charge in [0, 0.05) is 37.8 Å². The smallest absolute Gasteiger partial charge is 0.0244 e. The summed E-state index contributed by atoms with van der Waals surface area (Å²) in [5.74, 6) is 0.767. The van der Waals surface area contributed by atoms with Gasteiger partial charge < -0.3 is 5.32 Å². The molecular weight excluding hydrogens is 234 g/mol. The number of nitrogens with zero attached hydrogens (tertiary/aromatic N) is 2. The number of nitrogens with one attached hydrogen (secondary N) is 1. The zero-order valence-electron chi connectivity index (χ0n) is 12.8. The summed E-state index contributed by atoms with van der Waals surface area (Å²) in [7, 11) is 0. The predicted octanol–water partition coefficient (Wildman–Crippen LogP) is 1.93. The Hall–Kier alpha value is -0.120. The van der Waals surface area contributed by atoms with E-state index in [1.807, 2.05) is 0 Å². The Morgan fingerprint density at radius 2 is 1.79 bits per heavy atom. The molecule has 1 saturated carbocycles. The molecule has 1 aliphatic carbocycles. The molecule has 1 N–H and O–H groups in total. The van der Waals surface area contributed by atoms with Crippen molar-refractivity contribution in [3.8, 4) is 0 Å². The van der Waals surface area contributed by atoms with Crippen LogP contribution in [-0.2, 0) is 0 Å². The first-order valence-electron chi connectivity index (χ1n) is 8.45. The molecule has 0 aromatic carbocycles. The minimum Gasteiger partial charge on any atom is -0.312 e. The molecule has 0 amide bonds. The standard InChI is InChI=1S/C16H31N3/c1-13(2)16(11-17-14-5-6-14)19-10-7-15(12-19)18-8-3-4-9-18/h13-17H,3-12H2,1-2H3. The monoisotopic (exact) mass is 265 g/mol. The van der Waals surface area contributed by atoms with Crippen molar-refractivity contribution in [2.24, 2.45) is 5.92 Å². The number of hydrogen-bond acceptors (Lipinski definition) is 3. The zero-order valence-corrected chi connectivity index (χ0v) is 12.8. The highest BCUT2D eigenvalue weighted by atomic mass is 15.3. The normalized spacial score (nSPS) is 31.4. The van der Waals surface area contributed by atoms with Crippen molar-refractivity contribution in [1.82, 2.24) is 15.1 Å². The van der Waals surface area contributed by atoms with E-state index in [2.05, 4.69) is 29.0 Å². The lowest BCUT2D eigenvalue weighted by molar-refractivity contribution is 0.164. The third-order valence-electron chi connectivity index (χ3n) is 5.28. The van der Waals surface area contributed by atoms with Crippen molar-refractivity contribution in [1.29, 1.82) is 0 Å². The first kappa shape index (κ1) is 13.8. The van der Waals surface area contributed by atoms with Gasteiger partial charge in [0.1, 0.15) is 0 Å². The van der Waals surface area contributed by atoms with E-state index in [1.165, 1.54) is 64.8 Å². The van der Waals surface area contributed by atoms with E-state index in [0.29, 0.717) is 0 Å². The van der Waals surface area contributed by atoms with Gasteiger partial charge in [0.2, 0.25) is 0 Å². The second-order valence-corrected chi connectivity index (χ2v) is 7.17. The molecule has 2 heterocycles. The lowest BCUT2D eigenvalue weighted by atomic mass is 10.0. The summed E-state index contributed by atoms with van der Waals surface area (Å²) in [6.45, 7) is 11.3. The van der Waals surface area contributed by atoms with Crippen molar-refractivity contribution in [3.05, 3.63) is 0 Å². The van der Waals surface area contributed by atoms with Crippen LogP contribution in [0.5, 0.6) is 0 Å². The summed E-state index contributed by atoms with van der Waals surface area (Å²) in [6, 6.07) is 2.44. The first-order chi connectivity index (χ1) is 9.24. The highest BCUT2D eigenvalue weighted by Crippen LogP contribution is 2.25. The number of hydrogen-bond donors (Lipinski definition) is 1. The van der Waals surface area contributed by atoms with Crippen LogP contribution in [0.2, 0.25) is 0 Å². The fraction of sp³-hybridized carbons (Fsp3) is 1.00. The van der Waals surface area contributed by atoms with Gasteiger partial charge >= 0.3 is 0 Å². The van der Waals surface area contributed by atoms with Crippen LogP contribution in [0.25, 0.3) is 0 Å². The van der Waals surface area contributed by atoms with E-state index in [9.17, 15) is 0 Å². The molecule has 0 aromatic heterocycles. The second kappa shape index (κ2) is 6.11. The Balaban J connectivity index is 1.50. The molecule has 3 nitrogen and oxygen atoms in total. The van der Waals surface area contributed by atoms with Gasteiger partial charge in [-0.25, -0.2) is 0 Å². The van der Waals surface area contributed by atoms with Crippen LogP contribution < -0.4 is 5.32 Å². The maximum atomic E-state index is 3.74. The molecule has 2 atom stereocenters. The molecule has 2 aliphatic heterocycles. The molecule has 3 rings (SSSR count). The lowest BCUT2D eigenvalue weighted by Crippen LogP contribution is -2.46. The molecule has 0 bridgehead atoms. The summed E-state index contributed by atoms with van der Waals surface area (Å²) in [5, 5.41) is 3.74. The van der Waals surface area contributed by atoms with Gasteiger partial charge in [0.15, 0.2) is 0 Å². The molecule has 2 unspecified atom stereocenters. The van der Waals surface area contributed by atoms with E-state index in [-0.39, 0.29) is 0 Å². The first-order valence-corrected chi connectivity index (χ1v) is 8.45. The van der Waals surface area contributed by atoms with Gasteiger partial charge in [-0.3, -0.25) is 9.80 Å². The van der Waals surface area contributed by atoms with E-state index in [4.69, 9.17) is 0 Å². The zero-order chi connectivity index (χ0) is 13.2. The highest BCUT2D eigenvalue weighted by Gasteiger charge is 2.34. The third-order valence-corrected chi connectivity index (χ3v) is 5.28. The molecule has 0 radical (unpaired) electrons. The van der Waals surface area contributed by atoms with E-state index in [0.717, 1.165) is 24.0 Å². The van der Waals surface area contributed by atoms with Crippen molar-refractivity contribution in [2.75, 3.05) is 32.7 Å². The van der Waals surface area contributed by atoms with Crippen LogP contribution in [0.1, 0.15) is 46.0 Å². The minimum absolute atomic E-state index is 0.744. The lowest BCUT2D eigenvalue weighted by Gasteiger charge is -2.32. The number of rotatable bonds is 6. The Labute approximate surface area is 118 Å². The molecule has 0 aromatic rings. The molecule has 110 valence electrons. The van der Waals surface area contributed by atoms with Crippen LogP contribution in [0.15, 0.2) is 0 Å². The summed E-state index contributed by atoms with van der Waals surface area (Å²) in [4.78, 5) is 5.51. The molecular formula is C16H31N3. The second-order valence-electron chi connectivity index (χ2n) is 7.17. The minimum atomic E-state index is 0.744. The molecule has 3 fully saturated rings. The Bertz CT molecular complexity index is 282.